The molecule has 2 N–H and O–H groups in total. The van der Waals surface area contributed by atoms with Crippen molar-refractivity contribution in [2.45, 2.75) is 161 Å². The van der Waals surface area contributed by atoms with Gasteiger partial charge in [-0.15, -0.1) is 13.2 Å². The van der Waals surface area contributed by atoms with Crippen LogP contribution in [0.25, 0.3) is 0 Å². The summed E-state index contributed by atoms with van der Waals surface area (Å²) >= 11 is 1.76. The summed E-state index contributed by atoms with van der Waals surface area (Å²) in [5.41, 5.74) is 4.26. The van der Waals surface area contributed by atoms with E-state index < -0.39 is 12.6 Å². The Balaban J connectivity index is 0.000000561. The lowest BCUT2D eigenvalue weighted by molar-refractivity contribution is -0.129. The van der Waals surface area contributed by atoms with Crippen LogP contribution in [0.3, 0.4) is 0 Å². The standard InChI is InChI=1S/C27H40N2O3.C14H27F3S.C2H6.C2H4.CH3F/c1-27-11-8-23-22-5-3-20(18-19(22)2-4-24(23)25(27)6-7-26(27)31)28-12-9-21(10-15-30)29-13-16-32-17-14-29;1-2-3-4-5-6-7-8-11-18-12-9-10-13(15)14(16)17;3*1-2/h3,5,18,21,23-25,28,30H,2,4,6-17H2,1H3;13-14H,2-12H2,1H3;1-2H3;1-2H2;1H3. The van der Waals surface area contributed by atoms with E-state index in [1.807, 2.05) is 13.8 Å². The van der Waals surface area contributed by atoms with Gasteiger partial charge in [0.1, 0.15) is 5.78 Å². The molecule has 0 radical (unpaired) electrons. The second kappa shape index (κ2) is 31.3. The normalized spacial score (nSPS) is 23.6. The number of alkyl halides is 4. The van der Waals surface area contributed by atoms with Crippen molar-refractivity contribution < 1.29 is 32.2 Å². The number of rotatable bonds is 20. The molecule has 6 atom stereocenters. The first kappa shape index (κ1) is 52.4. The Kier molecular flexibility index (Phi) is 29.3. The van der Waals surface area contributed by atoms with E-state index in [0.29, 0.717) is 43.2 Å². The van der Waals surface area contributed by atoms with Gasteiger partial charge in [0.25, 0.3) is 6.43 Å². The highest BCUT2D eigenvalue weighted by molar-refractivity contribution is 7.99. The smallest absolute Gasteiger partial charge is 0.269 e. The number of ketones is 1. The van der Waals surface area contributed by atoms with Gasteiger partial charge in [0.2, 0.25) is 0 Å². The fraction of sp³-hybridized carbons (Fsp3) is 0.804. The molecule has 3 fully saturated rings. The monoisotopic (exact) mass is 817 g/mol. The second-order valence-corrected chi connectivity index (χ2v) is 16.7. The molecule has 1 heterocycles. The third kappa shape index (κ3) is 17.3. The molecule has 0 aromatic heterocycles. The van der Waals surface area contributed by atoms with Gasteiger partial charge in [-0.3, -0.25) is 14.1 Å². The number of ether oxygens (including phenoxy) is 1. The average molecular weight is 817 g/mol. The second-order valence-electron chi connectivity index (χ2n) is 15.5. The predicted octanol–water partition coefficient (Wildman–Crippen LogP) is 12.3. The third-order valence-electron chi connectivity index (χ3n) is 12.2. The highest BCUT2D eigenvalue weighted by Crippen LogP contribution is 2.59. The number of unbranched alkanes of at least 4 members (excludes halogenated alkanes) is 6. The fourth-order valence-corrected chi connectivity index (χ4v) is 10.2. The minimum Gasteiger partial charge on any atom is -0.396 e. The number of Topliss-reactive ketones (excluding diaryl/α,β-unsaturated/α-hetero) is 1. The van der Waals surface area contributed by atoms with Gasteiger partial charge in [0.15, 0.2) is 6.17 Å². The zero-order valence-corrected chi connectivity index (χ0v) is 36.7. The van der Waals surface area contributed by atoms with E-state index in [1.165, 1.54) is 69.0 Å². The average Bonchev–Trinajstić information content (AvgIpc) is 3.55. The number of aliphatic hydroxyl groups excluding tert-OH is 1. The summed E-state index contributed by atoms with van der Waals surface area (Å²) in [4.78, 5) is 15.0. The molecule has 5 nitrogen and oxygen atoms in total. The maximum Gasteiger partial charge on any atom is 0.269 e. The molecule has 326 valence electrons. The van der Waals surface area contributed by atoms with Crippen molar-refractivity contribution in [1.82, 2.24) is 4.90 Å². The van der Waals surface area contributed by atoms with Crippen LogP contribution in [0.15, 0.2) is 31.4 Å². The van der Waals surface area contributed by atoms with Crippen LogP contribution in [-0.2, 0) is 16.0 Å². The van der Waals surface area contributed by atoms with Crippen molar-refractivity contribution in [3.8, 4) is 0 Å². The van der Waals surface area contributed by atoms with Gasteiger partial charge in [-0.05, 0) is 117 Å². The maximum atomic E-state index is 12.6. The minimum absolute atomic E-state index is 0.00167. The molecule has 1 aromatic rings. The van der Waals surface area contributed by atoms with Crippen molar-refractivity contribution in [3.63, 3.8) is 0 Å². The summed E-state index contributed by atoms with van der Waals surface area (Å²) in [7, 11) is 0.500. The van der Waals surface area contributed by atoms with Gasteiger partial charge < -0.3 is 15.2 Å². The van der Waals surface area contributed by atoms with E-state index in [1.54, 1.807) is 17.3 Å². The molecular weight excluding hydrogens is 737 g/mol. The molecule has 10 heteroatoms. The summed E-state index contributed by atoms with van der Waals surface area (Å²) in [6.45, 7) is 19.2. The lowest BCUT2D eigenvalue weighted by Crippen LogP contribution is -2.44. The van der Waals surface area contributed by atoms with Crippen molar-refractivity contribution in [1.29, 1.82) is 0 Å². The van der Waals surface area contributed by atoms with Crippen LogP contribution in [-0.4, -0.2) is 92.6 Å². The van der Waals surface area contributed by atoms with Crippen molar-refractivity contribution in [2.24, 2.45) is 17.3 Å². The number of thioether (sulfide) groups is 1. The third-order valence-corrected chi connectivity index (χ3v) is 13.4. The molecule has 0 spiro atoms. The summed E-state index contributed by atoms with van der Waals surface area (Å²) in [5, 5.41) is 13.2. The lowest BCUT2D eigenvalue weighted by atomic mass is 9.55. The Labute approximate surface area is 344 Å². The Hall–Kier alpha value is -1.62. The summed E-state index contributed by atoms with van der Waals surface area (Å²) in [6.07, 6.45) is 13.3. The maximum absolute atomic E-state index is 12.6. The van der Waals surface area contributed by atoms with E-state index in [2.05, 4.69) is 55.4 Å². The number of halogens is 4. The zero-order valence-electron chi connectivity index (χ0n) is 35.9. The van der Waals surface area contributed by atoms with Crippen LogP contribution in [0.1, 0.15) is 147 Å². The molecule has 1 aromatic carbocycles. The van der Waals surface area contributed by atoms with Crippen molar-refractivity contribution in [3.05, 3.63) is 42.5 Å². The quantitative estimate of drug-likeness (QED) is 0.0776. The Bertz CT molecular complexity index is 1140. The number of morpholine rings is 1. The molecule has 4 aliphatic rings. The van der Waals surface area contributed by atoms with E-state index in [-0.39, 0.29) is 18.4 Å². The Morgan fingerprint density at radius 3 is 2.25 bits per heavy atom. The van der Waals surface area contributed by atoms with Crippen LogP contribution in [0, 0.1) is 17.3 Å². The van der Waals surface area contributed by atoms with Gasteiger partial charge in [0.05, 0.1) is 20.4 Å². The topological polar surface area (TPSA) is 61.8 Å². The van der Waals surface area contributed by atoms with Gasteiger partial charge in [-0.1, -0.05) is 72.3 Å². The van der Waals surface area contributed by atoms with Crippen LogP contribution in [0.2, 0.25) is 0 Å². The van der Waals surface area contributed by atoms with Crippen LogP contribution in [0.4, 0.5) is 23.2 Å². The number of hydrogen-bond donors (Lipinski definition) is 2. The molecule has 56 heavy (non-hydrogen) atoms. The number of aliphatic hydroxyl groups is 1. The number of carbonyl (C=O) groups excluding carboxylic acids is 1. The number of carbonyl (C=O) groups is 1. The Morgan fingerprint density at radius 1 is 0.929 bits per heavy atom. The number of benzene rings is 1. The highest BCUT2D eigenvalue weighted by Gasteiger charge is 2.54. The highest BCUT2D eigenvalue weighted by atomic mass is 32.2. The van der Waals surface area contributed by atoms with Crippen LogP contribution < -0.4 is 5.32 Å². The van der Waals surface area contributed by atoms with E-state index in [9.17, 15) is 27.5 Å². The largest absolute Gasteiger partial charge is 0.396 e. The van der Waals surface area contributed by atoms with Gasteiger partial charge in [-0.2, -0.15) is 11.8 Å². The van der Waals surface area contributed by atoms with Crippen LogP contribution >= 0.6 is 11.8 Å². The first-order chi connectivity index (χ1) is 27.3. The predicted molar refractivity (Wildman–Crippen MR) is 232 cm³/mol. The first-order valence-electron chi connectivity index (χ1n) is 22.0. The molecule has 0 bridgehead atoms. The molecule has 5 rings (SSSR count). The molecule has 6 unspecified atom stereocenters. The number of hydrogen-bond acceptors (Lipinski definition) is 6. The molecule has 1 aliphatic heterocycles. The van der Waals surface area contributed by atoms with Crippen LogP contribution in [0.5, 0.6) is 0 Å². The number of fused-ring (bicyclic) bond motifs is 5. The van der Waals surface area contributed by atoms with Crippen molar-refractivity contribution >= 4 is 23.2 Å². The van der Waals surface area contributed by atoms with E-state index >= 15 is 0 Å². The number of nitrogens with one attached hydrogen (secondary N) is 1. The molecular formula is C46H80F4N2O3S. The number of nitrogens with zero attached hydrogens (tertiary/aromatic N) is 1. The molecule has 2 saturated carbocycles. The van der Waals surface area contributed by atoms with Gasteiger partial charge >= 0.3 is 0 Å². The summed E-state index contributed by atoms with van der Waals surface area (Å²) in [5.74, 6) is 4.36. The molecule has 1 saturated heterocycles. The SMILES string of the molecule is C=C.CC.CC12CCC3c4ccc(NCCC(CCO)N5CCOCC5)cc4CCC3C1CCC2=O.CCCCCCCCCSCCCC(F)C(F)F.CF. The van der Waals surface area contributed by atoms with E-state index in [4.69, 9.17) is 4.74 Å². The van der Waals surface area contributed by atoms with Gasteiger partial charge in [0, 0.05) is 49.8 Å². The first-order valence-corrected chi connectivity index (χ1v) is 23.1. The summed E-state index contributed by atoms with van der Waals surface area (Å²) < 4.78 is 51.2. The summed E-state index contributed by atoms with van der Waals surface area (Å²) in [6, 6.07) is 7.45. The fourth-order valence-electron chi connectivity index (χ4n) is 9.22. The molecule has 3 aliphatic carbocycles. The minimum atomic E-state index is -2.81. The Morgan fingerprint density at radius 2 is 1.59 bits per heavy atom. The lowest BCUT2D eigenvalue weighted by Gasteiger charge is -2.48. The van der Waals surface area contributed by atoms with Gasteiger partial charge in [-0.25, -0.2) is 13.2 Å². The van der Waals surface area contributed by atoms with E-state index in [0.717, 1.165) is 82.9 Å². The number of aryl methyl sites for hydroxylation is 1. The molecule has 0 amide bonds. The zero-order chi connectivity index (χ0) is 41.8. The number of anilines is 1. The van der Waals surface area contributed by atoms with Crippen molar-refractivity contribution in [2.75, 3.05) is 63.5 Å².